The molecule has 21 heavy (non-hydrogen) atoms. The maximum Gasteiger partial charge on any atom is 0.276 e. The Morgan fingerprint density at radius 3 is 2.29 bits per heavy atom. The van der Waals surface area contributed by atoms with Gasteiger partial charge in [0.05, 0.1) is 11.1 Å². The lowest BCUT2D eigenvalue weighted by molar-refractivity contribution is 0.584. The minimum atomic E-state index is -3.74. The van der Waals surface area contributed by atoms with Gasteiger partial charge in [-0.05, 0) is 37.6 Å². The first-order valence-corrected chi connectivity index (χ1v) is 7.74. The van der Waals surface area contributed by atoms with Crippen LogP contribution in [-0.4, -0.2) is 14.6 Å². The highest BCUT2D eigenvalue weighted by atomic mass is 32.2. The van der Waals surface area contributed by atoms with Crippen molar-refractivity contribution < 1.29 is 12.8 Å². The zero-order chi connectivity index (χ0) is 15.5. The monoisotopic (exact) mass is 306 g/mol. The van der Waals surface area contributed by atoms with Crippen LogP contribution in [0.1, 0.15) is 16.7 Å². The number of halogens is 1. The molecule has 0 saturated carbocycles. The Balaban J connectivity index is 2.14. The first kappa shape index (κ1) is 15.2. The molecular formula is C15H15FN2O2S. The number of sulfonamides is 1. The molecule has 6 heteroatoms. The van der Waals surface area contributed by atoms with Crippen LogP contribution in [0.4, 0.5) is 4.39 Å². The average Bonchev–Trinajstić information content (AvgIpc) is 2.41. The van der Waals surface area contributed by atoms with Gasteiger partial charge in [0.1, 0.15) is 5.82 Å². The Kier molecular flexibility index (Phi) is 4.37. The van der Waals surface area contributed by atoms with Crippen LogP contribution >= 0.6 is 0 Å². The SMILES string of the molecule is Cc1ccc(S(=O)(=O)NN=Cc2ccc(C)cc2F)cc1. The smallest absolute Gasteiger partial charge is 0.206 e. The molecule has 4 nitrogen and oxygen atoms in total. The number of hydrogen-bond donors (Lipinski definition) is 1. The fraction of sp³-hybridized carbons (Fsp3) is 0.133. The zero-order valence-electron chi connectivity index (χ0n) is 11.7. The Bertz CT molecular complexity index is 769. The van der Waals surface area contributed by atoms with Crippen LogP contribution in [0.5, 0.6) is 0 Å². The van der Waals surface area contributed by atoms with E-state index < -0.39 is 15.8 Å². The first-order chi connectivity index (χ1) is 9.88. The van der Waals surface area contributed by atoms with Crippen molar-refractivity contribution in [2.45, 2.75) is 18.7 Å². The van der Waals surface area contributed by atoms with Gasteiger partial charge in [0.2, 0.25) is 0 Å². The van der Waals surface area contributed by atoms with Gasteiger partial charge in [-0.1, -0.05) is 29.8 Å². The molecule has 0 aliphatic rings. The Morgan fingerprint density at radius 2 is 1.67 bits per heavy atom. The van der Waals surface area contributed by atoms with Gasteiger partial charge < -0.3 is 0 Å². The third-order valence-electron chi connectivity index (χ3n) is 2.86. The normalized spacial score (nSPS) is 11.8. The summed E-state index contributed by atoms with van der Waals surface area (Å²) in [5.74, 6) is -0.451. The summed E-state index contributed by atoms with van der Waals surface area (Å²) in [6, 6.07) is 11.0. The molecule has 0 aliphatic heterocycles. The fourth-order valence-corrected chi connectivity index (χ4v) is 2.46. The lowest BCUT2D eigenvalue weighted by Crippen LogP contribution is -2.18. The van der Waals surface area contributed by atoms with E-state index in [1.54, 1.807) is 25.1 Å². The number of rotatable bonds is 4. The van der Waals surface area contributed by atoms with Crippen LogP contribution in [-0.2, 0) is 10.0 Å². The highest BCUT2D eigenvalue weighted by molar-refractivity contribution is 7.89. The van der Waals surface area contributed by atoms with Crippen molar-refractivity contribution in [3.8, 4) is 0 Å². The molecule has 0 amide bonds. The van der Waals surface area contributed by atoms with Gasteiger partial charge in [-0.25, -0.2) is 9.22 Å². The maximum atomic E-state index is 13.6. The second-order valence-electron chi connectivity index (χ2n) is 4.69. The molecule has 0 radical (unpaired) electrons. The van der Waals surface area contributed by atoms with Crippen LogP contribution < -0.4 is 4.83 Å². The standard InChI is InChI=1S/C15H15FN2O2S/c1-11-4-7-14(8-5-11)21(19,20)18-17-10-13-6-3-12(2)9-15(13)16/h3-10,18H,1-2H3. The molecule has 1 N–H and O–H groups in total. The summed E-state index contributed by atoms with van der Waals surface area (Å²) < 4.78 is 37.5. The summed E-state index contributed by atoms with van der Waals surface area (Å²) in [5, 5.41) is 3.60. The number of benzene rings is 2. The predicted molar refractivity (Wildman–Crippen MR) is 80.2 cm³/mol. The Hall–Kier alpha value is -2.21. The van der Waals surface area contributed by atoms with Gasteiger partial charge in [-0.3, -0.25) is 0 Å². The quantitative estimate of drug-likeness (QED) is 0.697. The summed E-state index contributed by atoms with van der Waals surface area (Å²) in [6.45, 7) is 3.63. The van der Waals surface area contributed by atoms with Crippen molar-refractivity contribution in [3.05, 3.63) is 65.0 Å². The molecule has 0 aliphatic carbocycles. The Labute approximate surface area is 123 Å². The zero-order valence-corrected chi connectivity index (χ0v) is 12.5. The van der Waals surface area contributed by atoms with Gasteiger partial charge in [-0.2, -0.15) is 13.5 Å². The summed E-state index contributed by atoms with van der Waals surface area (Å²) in [4.78, 5) is 2.17. The Morgan fingerprint density at radius 1 is 1.05 bits per heavy atom. The molecule has 2 aromatic carbocycles. The molecular weight excluding hydrogens is 291 g/mol. The van der Waals surface area contributed by atoms with E-state index in [0.717, 1.165) is 17.3 Å². The van der Waals surface area contributed by atoms with Gasteiger partial charge in [-0.15, -0.1) is 0 Å². The number of hydrogen-bond acceptors (Lipinski definition) is 3. The largest absolute Gasteiger partial charge is 0.276 e. The molecule has 0 spiro atoms. The van der Waals surface area contributed by atoms with Gasteiger partial charge in [0, 0.05) is 5.56 Å². The molecule has 2 aromatic rings. The molecule has 2 rings (SSSR count). The molecule has 0 bridgehead atoms. The molecule has 0 fully saturated rings. The second kappa shape index (κ2) is 6.05. The lowest BCUT2D eigenvalue weighted by atomic mass is 10.1. The molecule has 0 atom stereocenters. The van der Waals surface area contributed by atoms with Crippen LogP contribution in [0.2, 0.25) is 0 Å². The second-order valence-corrected chi connectivity index (χ2v) is 6.35. The van der Waals surface area contributed by atoms with Crippen LogP contribution in [0, 0.1) is 19.7 Å². The molecule has 0 aromatic heterocycles. The van der Waals surface area contributed by atoms with Crippen molar-refractivity contribution in [3.63, 3.8) is 0 Å². The van der Waals surface area contributed by atoms with Crippen molar-refractivity contribution in [1.82, 2.24) is 4.83 Å². The number of hydrazone groups is 1. The van der Waals surface area contributed by atoms with E-state index in [1.165, 1.54) is 24.3 Å². The first-order valence-electron chi connectivity index (χ1n) is 6.26. The average molecular weight is 306 g/mol. The number of nitrogens with one attached hydrogen (secondary N) is 1. The molecule has 0 saturated heterocycles. The topological polar surface area (TPSA) is 58.5 Å². The minimum Gasteiger partial charge on any atom is -0.206 e. The van der Waals surface area contributed by atoms with Crippen molar-refractivity contribution in [2.75, 3.05) is 0 Å². The predicted octanol–water partition coefficient (Wildman–Crippen LogP) is 2.75. The van der Waals surface area contributed by atoms with Crippen molar-refractivity contribution in [1.29, 1.82) is 0 Å². The summed E-state index contributed by atoms with van der Waals surface area (Å²) >= 11 is 0. The summed E-state index contributed by atoms with van der Waals surface area (Å²) in [7, 11) is -3.74. The van der Waals surface area contributed by atoms with Gasteiger partial charge in [0.15, 0.2) is 0 Å². The van der Waals surface area contributed by atoms with Crippen LogP contribution in [0.3, 0.4) is 0 Å². The van der Waals surface area contributed by atoms with Crippen LogP contribution in [0.15, 0.2) is 52.5 Å². The van der Waals surface area contributed by atoms with E-state index in [-0.39, 0.29) is 10.5 Å². The summed E-state index contributed by atoms with van der Waals surface area (Å²) in [5.41, 5.74) is 1.95. The fourth-order valence-electron chi connectivity index (χ4n) is 1.67. The van der Waals surface area contributed by atoms with Crippen molar-refractivity contribution in [2.24, 2.45) is 5.10 Å². The molecule has 0 heterocycles. The third-order valence-corrected chi connectivity index (χ3v) is 4.10. The van der Waals surface area contributed by atoms with Crippen molar-refractivity contribution >= 4 is 16.2 Å². The highest BCUT2D eigenvalue weighted by Gasteiger charge is 2.11. The van der Waals surface area contributed by atoms with E-state index in [2.05, 4.69) is 9.93 Å². The minimum absolute atomic E-state index is 0.106. The number of nitrogens with zero attached hydrogens (tertiary/aromatic N) is 1. The molecule has 0 unspecified atom stereocenters. The summed E-state index contributed by atoms with van der Waals surface area (Å²) in [6.07, 6.45) is 1.14. The van der Waals surface area contributed by atoms with Gasteiger partial charge >= 0.3 is 0 Å². The van der Waals surface area contributed by atoms with E-state index in [4.69, 9.17) is 0 Å². The van der Waals surface area contributed by atoms with E-state index in [1.807, 2.05) is 6.92 Å². The third kappa shape index (κ3) is 3.88. The maximum absolute atomic E-state index is 13.6. The highest BCUT2D eigenvalue weighted by Crippen LogP contribution is 2.10. The molecule has 110 valence electrons. The van der Waals surface area contributed by atoms with Crippen LogP contribution in [0.25, 0.3) is 0 Å². The van der Waals surface area contributed by atoms with E-state index in [0.29, 0.717) is 0 Å². The number of aryl methyl sites for hydroxylation is 2. The van der Waals surface area contributed by atoms with E-state index in [9.17, 15) is 12.8 Å². The van der Waals surface area contributed by atoms with E-state index >= 15 is 0 Å². The van der Waals surface area contributed by atoms with Gasteiger partial charge in [0.25, 0.3) is 10.0 Å². The lowest BCUT2D eigenvalue weighted by Gasteiger charge is -2.03.